The largest absolute Gasteiger partial charge is 0.396 e. The third kappa shape index (κ3) is 3.05. The predicted molar refractivity (Wildman–Crippen MR) is 89.4 cm³/mol. The Hall–Kier alpha value is -1.89. The maximum Gasteiger partial charge on any atom is 0.314 e. The summed E-state index contributed by atoms with van der Waals surface area (Å²) in [7, 11) is 0. The quantitative estimate of drug-likeness (QED) is 0.682. The van der Waals surface area contributed by atoms with Gasteiger partial charge in [-0.1, -0.05) is 13.8 Å². The van der Waals surface area contributed by atoms with Gasteiger partial charge in [0.05, 0.1) is 6.61 Å². The summed E-state index contributed by atoms with van der Waals surface area (Å²) in [5.41, 5.74) is 0.795. The van der Waals surface area contributed by atoms with Crippen molar-refractivity contribution in [1.82, 2.24) is 15.1 Å². The molecule has 1 aromatic rings. The van der Waals surface area contributed by atoms with Crippen LogP contribution in [0.25, 0.3) is 0 Å². The molecular formula is C17H26N4O3. The maximum atomic E-state index is 12.1. The van der Waals surface area contributed by atoms with Crippen molar-refractivity contribution >= 4 is 17.6 Å². The molecule has 1 aromatic heterocycles. The smallest absolute Gasteiger partial charge is 0.314 e. The van der Waals surface area contributed by atoms with Crippen molar-refractivity contribution in [2.75, 3.05) is 18.5 Å². The molecule has 2 amide bonds. The summed E-state index contributed by atoms with van der Waals surface area (Å²) in [6.45, 7) is 7.15. The number of hydrogen-bond acceptors (Lipinski definition) is 4. The third-order valence-corrected chi connectivity index (χ3v) is 5.54. The van der Waals surface area contributed by atoms with Crippen LogP contribution in [0.15, 0.2) is 6.07 Å². The molecule has 3 N–H and O–H groups in total. The number of carbonyl (C=O) groups is 2. The van der Waals surface area contributed by atoms with E-state index < -0.39 is 11.8 Å². The Labute approximate surface area is 141 Å². The van der Waals surface area contributed by atoms with Crippen LogP contribution in [0.5, 0.6) is 0 Å². The second kappa shape index (κ2) is 5.88. The average molecular weight is 334 g/mol. The standard InChI is InChI=1S/C17H26N4O3/c1-4-21-12(11-5-6-11)7-13(20-21)19-15(24)14(23)18-9-17(10-22)8-16(17,2)3/h7,11,22H,4-6,8-10H2,1-3H3,(H,18,23)(H,19,20,24). The van der Waals surface area contributed by atoms with Crippen molar-refractivity contribution in [3.05, 3.63) is 11.8 Å². The number of aliphatic hydroxyl groups is 1. The summed E-state index contributed by atoms with van der Waals surface area (Å²) in [4.78, 5) is 24.1. The molecule has 7 nitrogen and oxygen atoms in total. The van der Waals surface area contributed by atoms with E-state index in [1.807, 2.05) is 31.5 Å². The van der Waals surface area contributed by atoms with Crippen LogP contribution in [0.2, 0.25) is 0 Å². The van der Waals surface area contributed by atoms with Crippen molar-refractivity contribution in [1.29, 1.82) is 0 Å². The highest BCUT2D eigenvalue weighted by molar-refractivity contribution is 6.39. The van der Waals surface area contributed by atoms with Crippen molar-refractivity contribution in [2.24, 2.45) is 10.8 Å². The fourth-order valence-corrected chi connectivity index (χ4v) is 3.39. The van der Waals surface area contributed by atoms with Gasteiger partial charge in [0.15, 0.2) is 5.82 Å². The second-order valence-electron chi connectivity index (χ2n) is 7.68. The number of aliphatic hydroxyl groups excluding tert-OH is 1. The minimum Gasteiger partial charge on any atom is -0.396 e. The van der Waals surface area contributed by atoms with Crippen LogP contribution in [-0.4, -0.2) is 39.9 Å². The number of hydrogen-bond donors (Lipinski definition) is 3. The summed E-state index contributed by atoms with van der Waals surface area (Å²) < 4.78 is 1.87. The molecule has 0 aliphatic heterocycles. The van der Waals surface area contributed by atoms with Gasteiger partial charge >= 0.3 is 11.8 Å². The molecule has 2 aliphatic carbocycles. The van der Waals surface area contributed by atoms with E-state index in [9.17, 15) is 14.7 Å². The van der Waals surface area contributed by atoms with Gasteiger partial charge in [-0.05, 0) is 31.6 Å². The molecule has 2 saturated carbocycles. The highest BCUT2D eigenvalue weighted by Gasteiger charge is 2.60. The molecule has 0 spiro atoms. The number of aromatic nitrogens is 2. The molecular weight excluding hydrogens is 308 g/mol. The first kappa shape index (κ1) is 17.0. The molecule has 0 saturated heterocycles. The van der Waals surface area contributed by atoms with E-state index in [0.717, 1.165) is 31.5 Å². The molecule has 1 unspecified atom stereocenters. The maximum absolute atomic E-state index is 12.1. The van der Waals surface area contributed by atoms with Crippen LogP contribution in [-0.2, 0) is 16.1 Å². The SMILES string of the molecule is CCn1nc(NC(=O)C(=O)NCC2(CO)CC2(C)C)cc1C1CC1. The molecule has 132 valence electrons. The second-order valence-corrected chi connectivity index (χ2v) is 7.68. The fraction of sp³-hybridized carbons (Fsp3) is 0.706. The fourth-order valence-electron chi connectivity index (χ4n) is 3.39. The molecule has 1 atom stereocenters. The summed E-state index contributed by atoms with van der Waals surface area (Å²) in [6.07, 6.45) is 3.14. The summed E-state index contributed by atoms with van der Waals surface area (Å²) in [5, 5.41) is 19.1. The van der Waals surface area contributed by atoms with Gasteiger partial charge in [0.2, 0.25) is 0 Å². The first-order valence-corrected chi connectivity index (χ1v) is 8.60. The first-order valence-electron chi connectivity index (χ1n) is 8.60. The first-order chi connectivity index (χ1) is 11.3. The lowest BCUT2D eigenvalue weighted by atomic mass is 9.97. The van der Waals surface area contributed by atoms with Gasteiger partial charge in [-0.2, -0.15) is 5.10 Å². The van der Waals surface area contributed by atoms with E-state index >= 15 is 0 Å². The van der Waals surface area contributed by atoms with E-state index in [-0.39, 0.29) is 17.4 Å². The highest BCUT2D eigenvalue weighted by atomic mass is 16.3. The topological polar surface area (TPSA) is 96.2 Å². The lowest BCUT2D eigenvalue weighted by molar-refractivity contribution is -0.136. The zero-order valence-corrected chi connectivity index (χ0v) is 14.6. The van der Waals surface area contributed by atoms with Crippen LogP contribution < -0.4 is 10.6 Å². The van der Waals surface area contributed by atoms with Gasteiger partial charge in [0.25, 0.3) is 0 Å². The monoisotopic (exact) mass is 334 g/mol. The van der Waals surface area contributed by atoms with Crippen molar-refractivity contribution < 1.29 is 14.7 Å². The molecule has 24 heavy (non-hydrogen) atoms. The molecule has 2 aliphatic rings. The highest BCUT2D eigenvalue weighted by Crippen LogP contribution is 2.62. The molecule has 0 bridgehead atoms. The predicted octanol–water partition coefficient (Wildman–Crippen LogP) is 1.24. The van der Waals surface area contributed by atoms with Gasteiger partial charge in [-0.3, -0.25) is 14.3 Å². The van der Waals surface area contributed by atoms with E-state index in [1.165, 1.54) is 0 Å². The van der Waals surface area contributed by atoms with Crippen LogP contribution in [0.4, 0.5) is 5.82 Å². The number of rotatable bonds is 6. The molecule has 0 radical (unpaired) electrons. The zero-order chi connectivity index (χ0) is 17.5. The number of nitrogens with zero attached hydrogens (tertiary/aromatic N) is 2. The van der Waals surface area contributed by atoms with E-state index in [1.54, 1.807) is 0 Å². The Kier molecular flexibility index (Phi) is 4.15. The summed E-state index contributed by atoms with van der Waals surface area (Å²) in [6, 6.07) is 1.85. The zero-order valence-electron chi connectivity index (χ0n) is 14.6. The average Bonchev–Trinajstić information content (AvgIpc) is 3.43. The number of nitrogens with one attached hydrogen (secondary N) is 2. The Balaban J connectivity index is 1.56. The van der Waals surface area contributed by atoms with Gasteiger partial charge in [-0.25, -0.2) is 0 Å². The minimum atomic E-state index is -0.718. The van der Waals surface area contributed by atoms with Crippen molar-refractivity contribution in [3.8, 4) is 0 Å². The van der Waals surface area contributed by atoms with Crippen molar-refractivity contribution in [3.63, 3.8) is 0 Å². The van der Waals surface area contributed by atoms with E-state index in [2.05, 4.69) is 15.7 Å². The van der Waals surface area contributed by atoms with Crippen LogP contribution in [0.3, 0.4) is 0 Å². The normalized spacial score (nSPS) is 24.5. The van der Waals surface area contributed by atoms with Gasteiger partial charge in [0, 0.05) is 36.2 Å². The molecule has 0 aromatic carbocycles. The summed E-state index contributed by atoms with van der Waals surface area (Å²) in [5.74, 6) is -0.463. The lowest BCUT2D eigenvalue weighted by Gasteiger charge is -2.18. The van der Waals surface area contributed by atoms with E-state index in [0.29, 0.717) is 18.3 Å². The molecule has 1 heterocycles. The Morgan fingerprint density at radius 2 is 2.04 bits per heavy atom. The Morgan fingerprint density at radius 3 is 2.54 bits per heavy atom. The van der Waals surface area contributed by atoms with Crippen LogP contribution >= 0.6 is 0 Å². The number of carbonyl (C=O) groups excluding carboxylic acids is 2. The lowest BCUT2D eigenvalue weighted by Crippen LogP contribution is -2.40. The van der Waals surface area contributed by atoms with Gasteiger partial charge < -0.3 is 15.7 Å². The van der Waals surface area contributed by atoms with Crippen molar-refractivity contribution in [2.45, 2.75) is 52.5 Å². The minimum absolute atomic E-state index is 0.00749. The van der Waals surface area contributed by atoms with Crippen LogP contribution in [0.1, 0.15) is 51.6 Å². The van der Waals surface area contributed by atoms with Gasteiger partial charge in [-0.15, -0.1) is 0 Å². The third-order valence-electron chi connectivity index (χ3n) is 5.54. The number of aryl methyl sites for hydroxylation is 1. The van der Waals surface area contributed by atoms with Gasteiger partial charge in [0.1, 0.15) is 0 Å². The van der Waals surface area contributed by atoms with E-state index in [4.69, 9.17) is 0 Å². The number of amides is 2. The Morgan fingerprint density at radius 1 is 1.38 bits per heavy atom. The molecule has 7 heteroatoms. The number of anilines is 1. The summed E-state index contributed by atoms with van der Waals surface area (Å²) >= 11 is 0. The molecule has 2 fully saturated rings. The Bertz CT molecular complexity index is 663. The molecule has 3 rings (SSSR count). The van der Waals surface area contributed by atoms with Crippen LogP contribution in [0, 0.1) is 10.8 Å².